The molecule has 1 aliphatic rings. The molecule has 0 aliphatic heterocycles. The van der Waals surface area contributed by atoms with Crippen LogP contribution in [0.3, 0.4) is 0 Å². The number of amides is 1. The smallest absolute Gasteiger partial charge is 0.317 e. The molecule has 1 fully saturated rings. The first-order valence-corrected chi connectivity index (χ1v) is 11.0. The van der Waals surface area contributed by atoms with Gasteiger partial charge in [0, 0.05) is 17.3 Å². The average Bonchev–Trinajstić information content (AvgIpc) is 3.35. The molecular formula is C27H26FNO4. The Bertz CT molecular complexity index is 1110. The molecule has 1 aliphatic carbocycles. The standard InChI is InChI=1S/C27H26FNO4/c1-32-23-11-7-10-22(18-23)29-25(30)24(19-8-3-2-4-9-19)33-26(31)27(16-5-6-17-27)20-12-14-21(28)15-13-20/h2-4,7-15,18,24H,5-6,16-17H2,1H3,(H,29,30). The first-order valence-electron chi connectivity index (χ1n) is 11.0. The van der Waals surface area contributed by atoms with Crippen molar-refractivity contribution >= 4 is 17.6 Å². The summed E-state index contributed by atoms with van der Waals surface area (Å²) in [5.41, 5.74) is 0.923. The van der Waals surface area contributed by atoms with Crippen molar-refractivity contribution in [1.82, 2.24) is 0 Å². The van der Waals surface area contributed by atoms with E-state index in [1.165, 1.54) is 12.1 Å². The molecule has 0 aromatic heterocycles. The molecular weight excluding hydrogens is 421 g/mol. The van der Waals surface area contributed by atoms with Gasteiger partial charge in [0.1, 0.15) is 11.6 Å². The number of hydrogen-bond acceptors (Lipinski definition) is 4. The maximum atomic E-state index is 13.6. The lowest BCUT2D eigenvalue weighted by molar-refractivity contribution is -0.160. The average molecular weight is 448 g/mol. The highest BCUT2D eigenvalue weighted by atomic mass is 19.1. The maximum Gasteiger partial charge on any atom is 0.317 e. The molecule has 3 aromatic rings. The molecule has 1 amide bonds. The van der Waals surface area contributed by atoms with Gasteiger partial charge in [0.25, 0.3) is 5.91 Å². The Morgan fingerprint density at radius 1 is 0.939 bits per heavy atom. The molecule has 1 atom stereocenters. The molecule has 0 radical (unpaired) electrons. The van der Waals surface area contributed by atoms with Gasteiger partial charge in [-0.1, -0.05) is 61.4 Å². The van der Waals surface area contributed by atoms with Crippen molar-refractivity contribution in [3.63, 3.8) is 0 Å². The van der Waals surface area contributed by atoms with Crippen LogP contribution in [-0.2, 0) is 19.7 Å². The number of nitrogens with one attached hydrogen (secondary N) is 1. The van der Waals surface area contributed by atoms with Crippen molar-refractivity contribution in [2.75, 3.05) is 12.4 Å². The fourth-order valence-electron chi connectivity index (χ4n) is 4.39. The van der Waals surface area contributed by atoms with E-state index in [4.69, 9.17) is 9.47 Å². The van der Waals surface area contributed by atoms with Gasteiger partial charge in [-0.05, 0) is 42.7 Å². The molecule has 3 aromatic carbocycles. The molecule has 5 nitrogen and oxygen atoms in total. The summed E-state index contributed by atoms with van der Waals surface area (Å²) in [4.78, 5) is 26.8. The summed E-state index contributed by atoms with van der Waals surface area (Å²) in [6, 6.07) is 21.9. The van der Waals surface area contributed by atoms with Crippen molar-refractivity contribution in [3.05, 3.63) is 95.8 Å². The number of hydrogen-bond donors (Lipinski definition) is 1. The third-order valence-corrected chi connectivity index (χ3v) is 6.15. The molecule has 1 saturated carbocycles. The lowest BCUT2D eigenvalue weighted by atomic mass is 9.79. The van der Waals surface area contributed by atoms with Gasteiger partial charge in [-0.25, -0.2) is 4.39 Å². The number of halogens is 1. The van der Waals surface area contributed by atoms with Gasteiger partial charge >= 0.3 is 5.97 Å². The van der Waals surface area contributed by atoms with Crippen LogP contribution in [0.4, 0.5) is 10.1 Å². The van der Waals surface area contributed by atoms with Crippen molar-refractivity contribution in [2.24, 2.45) is 0 Å². The summed E-state index contributed by atoms with van der Waals surface area (Å²) in [6.07, 6.45) is 1.77. The zero-order chi connectivity index (χ0) is 23.3. The summed E-state index contributed by atoms with van der Waals surface area (Å²) in [5.74, 6) is -0.696. The van der Waals surface area contributed by atoms with E-state index in [0.29, 0.717) is 35.4 Å². The van der Waals surface area contributed by atoms with Crippen LogP contribution in [0.25, 0.3) is 0 Å². The Kier molecular flexibility index (Phi) is 6.73. The molecule has 0 spiro atoms. The molecule has 1 N–H and O–H groups in total. The van der Waals surface area contributed by atoms with E-state index in [9.17, 15) is 14.0 Å². The number of methoxy groups -OCH3 is 1. The highest BCUT2D eigenvalue weighted by Gasteiger charge is 2.45. The SMILES string of the molecule is COc1cccc(NC(=O)C(OC(=O)C2(c3ccc(F)cc3)CCCC2)c2ccccc2)c1. The quantitative estimate of drug-likeness (QED) is 0.481. The van der Waals surface area contributed by atoms with Crippen LogP contribution in [0.5, 0.6) is 5.75 Å². The zero-order valence-electron chi connectivity index (χ0n) is 18.4. The molecule has 0 bridgehead atoms. The lowest BCUT2D eigenvalue weighted by Gasteiger charge is -2.29. The number of carbonyl (C=O) groups is 2. The minimum atomic E-state index is -1.14. The van der Waals surface area contributed by atoms with Crippen LogP contribution in [-0.4, -0.2) is 19.0 Å². The van der Waals surface area contributed by atoms with Crippen LogP contribution in [0.2, 0.25) is 0 Å². The molecule has 4 rings (SSSR count). The Balaban J connectivity index is 1.62. The van der Waals surface area contributed by atoms with E-state index in [-0.39, 0.29) is 5.82 Å². The highest BCUT2D eigenvalue weighted by molar-refractivity contribution is 5.97. The van der Waals surface area contributed by atoms with E-state index >= 15 is 0 Å². The minimum absolute atomic E-state index is 0.361. The predicted octanol–water partition coefficient (Wildman–Crippen LogP) is 5.57. The summed E-state index contributed by atoms with van der Waals surface area (Å²) in [6.45, 7) is 0. The van der Waals surface area contributed by atoms with Gasteiger partial charge in [0.05, 0.1) is 12.5 Å². The number of carbonyl (C=O) groups excluding carboxylic acids is 2. The predicted molar refractivity (Wildman–Crippen MR) is 123 cm³/mol. The van der Waals surface area contributed by atoms with Crippen LogP contribution in [0, 0.1) is 5.82 Å². The summed E-state index contributed by atoms with van der Waals surface area (Å²) < 4.78 is 24.7. The van der Waals surface area contributed by atoms with Gasteiger partial charge in [0.2, 0.25) is 6.10 Å². The van der Waals surface area contributed by atoms with Gasteiger partial charge in [-0.3, -0.25) is 9.59 Å². The number of anilines is 1. The highest BCUT2D eigenvalue weighted by Crippen LogP contribution is 2.43. The second-order valence-electron chi connectivity index (χ2n) is 8.21. The largest absolute Gasteiger partial charge is 0.497 e. The van der Waals surface area contributed by atoms with Gasteiger partial charge in [-0.15, -0.1) is 0 Å². The number of esters is 1. The third kappa shape index (κ3) is 4.90. The van der Waals surface area contributed by atoms with Gasteiger partial charge in [-0.2, -0.15) is 0 Å². The normalized spacial score (nSPS) is 15.5. The Hall–Kier alpha value is -3.67. The van der Waals surface area contributed by atoms with E-state index in [0.717, 1.165) is 12.8 Å². The molecule has 0 heterocycles. The van der Waals surface area contributed by atoms with Gasteiger partial charge in [0.15, 0.2) is 0 Å². The summed E-state index contributed by atoms with van der Waals surface area (Å²) in [7, 11) is 1.55. The van der Waals surface area contributed by atoms with Crippen molar-refractivity contribution in [1.29, 1.82) is 0 Å². The third-order valence-electron chi connectivity index (χ3n) is 6.15. The fraction of sp³-hybridized carbons (Fsp3) is 0.259. The Morgan fingerprint density at radius 2 is 1.64 bits per heavy atom. The van der Waals surface area contributed by atoms with Crippen LogP contribution in [0.1, 0.15) is 42.9 Å². The Labute approximate surface area is 192 Å². The van der Waals surface area contributed by atoms with Crippen molar-refractivity contribution < 1.29 is 23.5 Å². The second kappa shape index (κ2) is 9.86. The monoisotopic (exact) mass is 447 g/mol. The molecule has 1 unspecified atom stereocenters. The van der Waals surface area contributed by atoms with Crippen molar-refractivity contribution in [2.45, 2.75) is 37.2 Å². The van der Waals surface area contributed by atoms with Gasteiger partial charge < -0.3 is 14.8 Å². The number of ether oxygens (including phenoxy) is 2. The first-order chi connectivity index (χ1) is 16.0. The number of rotatable bonds is 7. The molecule has 33 heavy (non-hydrogen) atoms. The van der Waals surface area contributed by atoms with E-state index < -0.39 is 23.4 Å². The lowest BCUT2D eigenvalue weighted by Crippen LogP contribution is -2.38. The summed E-state index contributed by atoms with van der Waals surface area (Å²) in [5, 5.41) is 2.83. The zero-order valence-corrected chi connectivity index (χ0v) is 18.4. The number of benzene rings is 3. The van der Waals surface area contributed by atoms with E-state index in [2.05, 4.69) is 5.32 Å². The van der Waals surface area contributed by atoms with E-state index in [1.54, 1.807) is 67.8 Å². The molecule has 0 saturated heterocycles. The van der Waals surface area contributed by atoms with Crippen LogP contribution < -0.4 is 10.1 Å². The molecule has 170 valence electrons. The fourth-order valence-corrected chi connectivity index (χ4v) is 4.39. The minimum Gasteiger partial charge on any atom is -0.497 e. The van der Waals surface area contributed by atoms with Crippen LogP contribution >= 0.6 is 0 Å². The first kappa shape index (κ1) is 22.5. The maximum absolute atomic E-state index is 13.6. The van der Waals surface area contributed by atoms with Crippen molar-refractivity contribution in [3.8, 4) is 5.75 Å². The Morgan fingerprint density at radius 3 is 2.30 bits per heavy atom. The topological polar surface area (TPSA) is 64.6 Å². The summed E-state index contributed by atoms with van der Waals surface area (Å²) >= 11 is 0. The molecule has 6 heteroatoms. The van der Waals surface area contributed by atoms with Crippen LogP contribution in [0.15, 0.2) is 78.9 Å². The van der Waals surface area contributed by atoms with E-state index in [1.807, 2.05) is 6.07 Å². The second-order valence-corrected chi connectivity index (χ2v) is 8.21.